The predicted molar refractivity (Wildman–Crippen MR) is 521 cm³/mol. The summed E-state index contributed by atoms with van der Waals surface area (Å²) in [6.07, 6.45) is 4.49. The van der Waals surface area contributed by atoms with Crippen LogP contribution >= 0.6 is 11.8 Å². The first-order chi connectivity index (χ1) is 67.2. The number of hydrogen-bond donors (Lipinski definition) is 19. The average molecular weight is 1980 g/mol. The highest BCUT2D eigenvalue weighted by Crippen LogP contribution is 2.29. The van der Waals surface area contributed by atoms with Crippen molar-refractivity contribution in [3.63, 3.8) is 0 Å². The van der Waals surface area contributed by atoms with Gasteiger partial charge in [0.05, 0.1) is 31.1 Å². The van der Waals surface area contributed by atoms with Crippen LogP contribution < -0.4 is 76.1 Å². The Bertz CT molecular complexity index is 5380. The zero-order valence-electron chi connectivity index (χ0n) is 81.0. The van der Waals surface area contributed by atoms with Crippen molar-refractivity contribution in [1.82, 2.24) is 97.2 Å². The van der Waals surface area contributed by atoms with Gasteiger partial charge in [0.15, 0.2) is 0 Å². The molecule has 0 spiro atoms. The minimum Gasteiger partial charge on any atom is -0.508 e. The number of benzene rings is 3. The van der Waals surface area contributed by atoms with Crippen LogP contribution in [-0.2, 0) is 119 Å². The molecule has 141 heavy (non-hydrogen) atoms. The number of aromatic amines is 2. The van der Waals surface area contributed by atoms with E-state index in [0.29, 0.717) is 82.7 Å². The summed E-state index contributed by atoms with van der Waals surface area (Å²) in [5, 5.41) is 60.3. The summed E-state index contributed by atoms with van der Waals surface area (Å²) in [6, 6.07) is -2.06. The standard InChI is InChI=1S/C96H137N23O21S/c1-9-11-27-75-89(133)108-67(38-54(3)4)86(130)113-73(84(128)103-47-80(100)123)51-141-52-81(124)105-70(39-56-31-33-60(120)34-32-56)92(136)114(6)55(5)83(127)111-72(44-79(99)122)95(139)118-37-21-30-76(118)90(134)110-69(42-59-46-101-53-104-59)88(132)107-66(26-18-20-36-98)94(138)119-49-61(121)43-78(119)91(135)109-68(40-57-45-102-64-24-15-13-22-62(57)64)87(131)106-65(25-17-19-35-97)85(129)112-71(93(137)116(8)77(28-12-10-2)96(140)115(75)7)41-58-48-117(50-82(125)126)74-29-16-14-23-63(58)74/h13-16,22-24,29,31-34,45-46,48,53-55,61,65-73,75-78,102,120-121H,9-12,17-21,25-28,30,35-44,47,49-52,97-98H2,1-8H3,(H2,99,122)(H2,100,123)(H,101,104)(H,103,128)(H,105,124)(H,106,131)(H,107,132)(H,108,133)(H,109,135)(H,110,134)(H,111,127)(H,112,129)(H,113,130)(H,125,126)/t55-,61+,65-,66-,67-,68-,69-,70-,71-,72+,73-,75-,76-,77-,78-/m0/s1. The van der Waals surface area contributed by atoms with Crippen LogP contribution in [0.25, 0.3) is 21.8 Å². The van der Waals surface area contributed by atoms with Crippen molar-refractivity contribution in [3.05, 3.63) is 120 Å². The van der Waals surface area contributed by atoms with Crippen LogP contribution in [-0.4, -0.2) is 322 Å². The summed E-state index contributed by atoms with van der Waals surface area (Å²) in [5.41, 5.74) is 25.9. The number of imidazole rings is 1. The van der Waals surface area contributed by atoms with E-state index in [1.165, 1.54) is 80.5 Å². The molecule has 0 aliphatic carbocycles. The number of amides is 17. The minimum atomic E-state index is -1.78. The number of aromatic hydroxyl groups is 1. The lowest BCUT2D eigenvalue weighted by atomic mass is 9.99. The van der Waals surface area contributed by atoms with Gasteiger partial charge in [0.1, 0.15) is 96.9 Å². The molecule has 3 aliphatic rings. The maximum absolute atomic E-state index is 16.1. The molecular weight excluding hydrogens is 1840 g/mol. The molecule has 3 aromatic carbocycles. The van der Waals surface area contributed by atoms with Gasteiger partial charge in [-0.15, -0.1) is 11.8 Å². The largest absolute Gasteiger partial charge is 0.508 e. The molecule has 9 rings (SSSR count). The van der Waals surface area contributed by atoms with Crippen molar-refractivity contribution >= 4 is 140 Å². The van der Waals surface area contributed by atoms with E-state index < -0.39 is 241 Å². The molecule has 17 amide bonds. The van der Waals surface area contributed by atoms with Crippen LogP contribution in [0.4, 0.5) is 0 Å². The molecule has 3 aliphatic heterocycles. The van der Waals surface area contributed by atoms with Crippen LogP contribution in [0.2, 0.25) is 0 Å². The fraction of sp³-hybridized carbons (Fsp3) is 0.552. The van der Waals surface area contributed by atoms with E-state index in [9.17, 15) is 63.3 Å². The number of fused-ring (bicyclic) bond motifs is 4. The number of carbonyl (C=O) groups is 18. The topological polar surface area (TPSA) is 658 Å². The molecule has 3 fully saturated rings. The lowest BCUT2D eigenvalue weighted by Gasteiger charge is -2.36. The molecule has 6 heterocycles. The third kappa shape index (κ3) is 31.5. The number of para-hydroxylation sites is 2. The Labute approximate surface area is 821 Å². The lowest BCUT2D eigenvalue weighted by molar-refractivity contribution is -0.149. The summed E-state index contributed by atoms with van der Waals surface area (Å²) < 4.78 is 1.45. The molecule has 3 saturated heterocycles. The molecule has 0 saturated carbocycles. The van der Waals surface area contributed by atoms with Crippen molar-refractivity contribution in [2.24, 2.45) is 28.9 Å². The number of nitrogens with one attached hydrogen (secondary N) is 12. The number of nitrogens with zero attached hydrogens (tertiary/aromatic N) is 7. The molecule has 23 N–H and O–H groups in total. The smallest absolute Gasteiger partial charge is 0.323 e. The van der Waals surface area contributed by atoms with Crippen LogP contribution in [0.5, 0.6) is 5.75 Å². The third-order valence-electron chi connectivity index (χ3n) is 25.5. The molecule has 0 unspecified atom stereocenters. The number of carbonyl (C=O) groups excluding carboxylic acids is 17. The van der Waals surface area contributed by atoms with Crippen molar-refractivity contribution in [3.8, 4) is 5.75 Å². The Balaban J connectivity index is 1.13. The number of rotatable bonds is 31. The number of phenols is 1. The molecule has 0 bridgehead atoms. The number of unbranched alkanes of at least 4 members (excludes halogenated alkanes) is 4. The molecule has 768 valence electrons. The molecule has 0 radical (unpaired) electrons. The van der Waals surface area contributed by atoms with E-state index in [1.807, 2.05) is 13.8 Å². The Kier molecular flexibility index (Phi) is 42.3. The number of aliphatic hydroxyl groups is 1. The third-order valence-corrected chi connectivity index (χ3v) is 26.6. The monoisotopic (exact) mass is 1980 g/mol. The van der Waals surface area contributed by atoms with Gasteiger partial charge in [-0.1, -0.05) is 102 Å². The van der Waals surface area contributed by atoms with E-state index in [2.05, 4.69) is 68.1 Å². The number of aliphatic carboxylic acids is 1. The number of aromatic nitrogens is 4. The fourth-order valence-electron chi connectivity index (χ4n) is 17.8. The maximum atomic E-state index is 16.1. The van der Waals surface area contributed by atoms with E-state index >= 15 is 38.4 Å². The van der Waals surface area contributed by atoms with Gasteiger partial charge in [0.2, 0.25) is 100 Å². The normalized spacial score (nSPS) is 24.3. The highest BCUT2D eigenvalue weighted by molar-refractivity contribution is 8.00. The number of primary amides is 2. The van der Waals surface area contributed by atoms with Gasteiger partial charge in [-0.2, -0.15) is 0 Å². The Morgan fingerprint density at radius 2 is 1.11 bits per heavy atom. The SMILES string of the molecule is CCCC[C@H]1C(=O)N(C)[C@@H](CCCC)C(=O)N[C@@H](CC(C)C)C(=O)N[C@H](C(=O)NCC(N)=O)CSCC(=O)N[C@@H](Cc2ccc(O)cc2)C(=O)N(C)[C@@H](C)C(=O)N[C@H](CC(N)=O)C(=O)N2CCC[C@H]2C(=O)N[C@@H](Cc2cnc[nH]2)C(=O)N[C@@H](CCCCN)C(=O)N2C[C@H](O)C[C@H]2C(=O)N[C@@H](Cc2c[nH]c3ccccc23)C(=O)N[C@@H](CCCCN)C(=O)N[C@@H](Cc2cn(CC(=O)O)c3ccccc23)C(=O)N1C. The second kappa shape index (κ2) is 53.7. The van der Waals surface area contributed by atoms with E-state index in [1.54, 1.807) is 68.6 Å². The minimum absolute atomic E-state index is 0.00180. The van der Waals surface area contributed by atoms with Crippen LogP contribution in [0.1, 0.15) is 166 Å². The maximum Gasteiger partial charge on any atom is 0.323 e. The molecule has 15 atom stereocenters. The Hall–Kier alpha value is -13.6. The molecule has 45 heteroatoms. The van der Waals surface area contributed by atoms with Crippen LogP contribution in [0.15, 0.2) is 97.7 Å². The number of nitrogens with two attached hydrogens (primary N) is 4. The van der Waals surface area contributed by atoms with Gasteiger partial charge < -0.3 is 130 Å². The van der Waals surface area contributed by atoms with E-state index in [0.717, 1.165) is 31.4 Å². The average Bonchev–Trinajstić information content (AvgIpc) is 1.72. The van der Waals surface area contributed by atoms with Crippen LogP contribution in [0.3, 0.4) is 0 Å². The summed E-state index contributed by atoms with van der Waals surface area (Å²) in [7, 11) is 3.94. The van der Waals surface area contributed by atoms with Gasteiger partial charge >= 0.3 is 5.97 Å². The quantitative estimate of drug-likeness (QED) is 0.0223. The van der Waals surface area contributed by atoms with Crippen molar-refractivity contribution in [1.29, 1.82) is 0 Å². The Morgan fingerprint density at radius 3 is 1.74 bits per heavy atom. The summed E-state index contributed by atoms with van der Waals surface area (Å²) in [5.74, 6) is -18.3. The predicted octanol–water partition coefficient (Wildman–Crippen LogP) is -1.37. The number of carboxylic acid groups (broad SMARTS) is 1. The first-order valence-corrected chi connectivity index (χ1v) is 49.1. The summed E-state index contributed by atoms with van der Waals surface area (Å²) >= 11 is 0.787. The number of H-pyrrole nitrogens is 2. The molecular formula is C96H137N23O21S. The lowest BCUT2D eigenvalue weighted by Crippen LogP contribution is -2.61. The van der Waals surface area contributed by atoms with Gasteiger partial charge in [-0.3, -0.25) is 86.3 Å². The fourth-order valence-corrected chi connectivity index (χ4v) is 18.6. The zero-order chi connectivity index (χ0) is 103. The molecule has 3 aromatic heterocycles. The highest BCUT2D eigenvalue weighted by atomic mass is 32.2. The summed E-state index contributed by atoms with van der Waals surface area (Å²) in [4.78, 5) is 281. The van der Waals surface area contributed by atoms with Gasteiger partial charge in [0.25, 0.3) is 0 Å². The van der Waals surface area contributed by atoms with Crippen molar-refractivity contribution < 1.29 is 102 Å². The Morgan fingerprint density at radius 1 is 0.546 bits per heavy atom. The number of carboxylic acids is 1. The number of aliphatic hydroxyl groups excluding tert-OH is 1. The summed E-state index contributed by atoms with van der Waals surface area (Å²) in [6.45, 7) is 6.92. The van der Waals surface area contributed by atoms with Gasteiger partial charge in [0, 0.05) is 118 Å². The van der Waals surface area contributed by atoms with Crippen LogP contribution in [0, 0.1) is 5.92 Å². The highest BCUT2D eigenvalue weighted by Gasteiger charge is 2.47. The van der Waals surface area contributed by atoms with Gasteiger partial charge in [-0.05, 0) is 138 Å². The number of phenolic OH excluding ortho intramolecular Hbond substituents is 1. The first-order valence-electron chi connectivity index (χ1n) is 48.0. The van der Waals surface area contributed by atoms with Crippen molar-refractivity contribution in [2.75, 3.05) is 65.4 Å². The number of likely N-dealkylation sites (N-methyl/N-ethyl adjacent to an activating group) is 3. The number of hydrogen-bond acceptors (Lipinski definition) is 24. The number of thioether (sulfide) groups is 1. The van der Waals surface area contributed by atoms with Gasteiger partial charge in [-0.25, -0.2) is 4.98 Å². The van der Waals surface area contributed by atoms with E-state index in [4.69, 9.17) is 22.9 Å². The molecule has 6 aromatic rings. The second-order valence-electron chi connectivity index (χ2n) is 36.7. The van der Waals surface area contributed by atoms with Crippen molar-refractivity contribution in [2.45, 2.75) is 267 Å². The molecule has 44 nitrogen and oxygen atoms in total. The first kappa shape index (κ1) is 111. The second-order valence-corrected chi connectivity index (χ2v) is 37.7. The zero-order valence-corrected chi connectivity index (χ0v) is 81.8. The van der Waals surface area contributed by atoms with E-state index in [-0.39, 0.29) is 115 Å².